The van der Waals surface area contributed by atoms with Crippen molar-refractivity contribution in [2.24, 2.45) is 0 Å². The van der Waals surface area contributed by atoms with E-state index in [2.05, 4.69) is 15.3 Å². The van der Waals surface area contributed by atoms with Crippen molar-refractivity contribution >= 4 is 21.6 Å². The third-order valence-corrected chi connectivity index (χ3v) is 7.20. The Bertz CT molecular complexity index is 1210. The number of hydrogen-bond acceptors (Lipinski definition) is 7. The van der Waals surface area contributed by atoms with Gasteiger partial charge in [0.1, 0.15) is 0 Å². The predicted molar refractivity (Wildman–Crippen MR) is 116 cm³/mol. The van der Waals surface area contributed by atoms with Gasteiger partial charge in [-0.3, -0.25) is 4.79 Å². The van der Waals surface area contributed by atoms with E-state index in [4.69, 9.17) is 0 Å². The van der Waals surface area contributed by atoms with E-state index in [1.807, 2.05) is 36.9 Å². The quantitative estimate of drug-likeness (QED) is 0.559. The molecule has 162 valence electrons. The molecule has 0 N–H and O–H groups in total. The van der Waals surface area contributed by atoms with Crippen molar-refractivity contribution in [1.29, 1.82) is 0 Å². The van der Waals surface area contributed by atoms with Crippen LogP contribution in [0, 0.1) is 13.8 Å². The second kappa shape index (κ2) is 8.20. The van der Waals surface area contributed by atoms with Crippen LogP contribution in [-0.4, -0.2) is 64.7 Å². The van der Waals surface area contributed by atoms with E-state index in [1.165, 1.54) is 23.4 Å². The Morgan fingerprint density at radius 3 is 2.19 bits per heavy atom. The Morgan fingerprint density at radius 1 is 0.935 bits per heavy atom. The zero-order valence-corrected chi connectivity index (χ0v) is 18.5. The highest BCUT2D eigenvalue weighted by Crippen LogP contribution is 2.21. The third-order valence-electron chi connectivity index (χ3n) is 5.30. The van der Waals surface area contributed by atoms with Crippen LogP contribution in [0.2, 0.25) is 0 Å². The molecular weight excluding hydrogens is 416 g/mol. The van der Waals surface area contributed by atoms with Crippen molar-refractivity contribution in [3.05, 3.63) is 59.4 Å². The monoisotopic (exact) mass is 440 g/mol. The van der Waals surface area contributed by atoms with Gasteiger partial charge in [-0.2, -0.15) is 9.40 Å². The van der Waals surface area contributed by atoms with Crippen LogP contribution < -0.4 is 4.90 Å². The predicted octanol–water partition coefficient (Wildman–Crippen LogP) is 1.99. The number of sulfonamides is 1. The van der Waals surface area contributed by atoms with Crippen LogP contribution in [0.3, 0.4) is 0 Å². The molecule has 0 atom stereocenters. The lowest BCUT2D eigenvalue weighted by atomic mass is 10.2. The third kappa shape index (κ3) is 4.21. The van der Waals surface area contributed by atoms with Gasteiger partial charge in [-0.05, 0) is 51.1 Å². The molecule has 0 spiro atoms. The average Bonchev–Trinajstić information content (AvgIpc) is 3.12. The molecule has 1 saturated heterocycles. The summed E-state index contributed by atoms with van der Waals surface area (Å²) in [7, 11) is -3.66. The fraction of sp³-hybridized carbons (Fsp3) is 0.333. The van der Waals surface area contributed by atoms with Gasteiger partial charge in [-0.25, -0.2) is 13.1 Å². The highest BCUT2D eigenvalue weighted by Gasteiger charge is 2.29. The van der Waals surface area contributed by atoms with Gasteiger partial charge in [0.25, 0.3) is 0 Å². The van der Waals surface area contributed by atoms with Gasteiger partial charge >= 0.3 is 0 Å². The largest absolute Gasteiger partial charge is 0.352 e. The summed E-state index contributed by atoms with van der Waals surface area (Å²) in [6.45, 7) is 6.96. The van der Waals surface area contributed by atoms with E-state index in [9.17, 15) is 13.2 Å². The second-order valence-electron chi connectivity index (χ2n) is 7.56. The smallest absolute Gasteiger partial charge is 0.243 e. The number of nitrogens with zero attached hydrogens (tertiary/aromatic N) is 6. The molecule has 0 bridgehead atoms. The molecule has 3 aromatic rings. The molecule has 0 saturated carbocycles. The first-order chi connectivity index (χ1) is 14.8. The maximum absolute atomic E-state index is 13.0. The molecule has 31 heavy (non-hydrogen) atoms. The van der Waals surface area contributed by atoms with E-state index in [0.717, 1.165) is 11.4 Å². The number of benzene rings is 1. The maximum atomic E-state index is 13.0. The molecule has 1 aliphatic rings. The van der Waals surface area contributed by atoms with Crippen molar-refractivity contribution in [2.45, 2.75) is 25.7 Å². The second-order valence-corrected chi connectivity index (χ2v) is 9.50. The van der Waals surface area contributed by atoms with Crippen LogP contribution in [-0.2, 0) is 10.0 Å². The number of Topliss-reactive ketones (excluding diaryl/α,β-unsaturated/α-hetero) is 1. The lowest BCUT2D eigenvalue weighted by Gasteiger charge is -2.34. The summed E-state index contributed by atoms with van der Waals surface area (Å²) in [4.78, 5) is 13.8. The first-order valence-electron chi connectivity index (χ1n) is 9.99. The van der Waals surface area contributed by atoms with Crippen LogP contribution in [0.25, 0.3) is 5.82 Å². The first-order valence-corrected chi connectivity index (χ1v) is 11.4. The van der Waals surface area contributed by atoms with Crippen LogP contribution >= 0.6 is 0 Å². The molecule has 4 rings (SSSR count). The zero-order valence-electron chi connectivity index (χ0n) is 17.7. The van der Waals surface area contributed by atoms with Gasteiger partial charge < -0.3 is 4.90 Å². The molecular formula is C21H24N6O3S. The number of carbonyl (C=O) groups is 1. The van der Waals surface area contributed by atoms with Crippen LogP contribution in [0.1, 0.15) is 28.7 Å². The Kier molecular flexibility index (Phi) is 5.59. The van der Waals surface area contributed by atoms with Gasteiger partial charge in [0.05, 0.1) is 10.6 Å². The molecule has 0 amide bonds. The highest BCUT2D eigenvalue weighted by molar-refractivity contribution is 7.89. The van der Waals surface area contributed by atoms with Crippen LogP contribution in [0.15, 0.2) is 47.4 Å². The van der Waals surface area contributed by atoms with Crippen LogP contribution in [0.5, 0.6) is 0 Å². The molecule has 0 radical (unpaired) electrons. The Balaban J connectivity index is 1.45. The molecule has 9 nitrogen and oxygen atoms in total. The minimum Gasteiger partial charge on any atom is -0.352 e. The summed E-state index contributed by atoms with van der Waals surface area (Å²) in [5, 5.41) is 13.0. The van der Waals surface area contributed by atoms with Gasteiger partial charge in [0.2, 0.25) is 10.0 Å². The first kappa shape index (κ1) is 21.1. The minimum atomic E-state index is -3.66. The number of aromatic nitrogens is 4. The van der Waals surface area contributed by atoms with Gasteiger partial charge in [0.15, 0.2) is 17.4 Å². The van der Waals surface area contributed by atoms with E-state index < -0.39 is 10.0 Å². The summed E-state index contributed by atoms with van der Waals surface area (Å²) < 4.78 is 29.2. The Labute approximate surface area is 181 Å². The summed E-state index contributed by atoms with van der Waals surface area (Å²) >= 11 is 0. The lowest BCUT2D eigenvalue weighted by Crippen LogP contribution is -2.49. The zero-order chi connectivity index (χ0) is 22.2. The standard InChI is InChI=1S/C21H24N6O3S/c1-15-13-16(2)27(24-15)21-8-7-20(22-23-21)25-9-11-26(12-10-25)31(29,30)19-6-4-5-18(14-19)17(3)28/h4-8,13-14H,9-12H2,1-3H3. The highest BCUT2D eigenvalue weighted by atomic mass is 32.2. The van der Waals surface area contributed by atoms with E-state index in [1.54, 1.807) is 16.8 Å². The lowest BCUT2D eigenvalue weighted by molar-refractivity contribution is 0.101. The molecule has 0 aliphatic carbocycles. The van der Waals surface area contributed by atoms with Crippen molar-refractivity contribution in [2.75, 3.05) is 31.1 Å². The fourth-order valence-corrected chi connectivity index (χ4v) is 5.11. The molecule has 2 aromatic heterocycles. The number of piperazine rings is 1. The summed E-state index contributed by atoms with van der Waals surface area (Å²) in [6.07, 6.45) is 0. The molecule has 3 heterocycles. The number of anilines is 1. The summed E-state index contributed by atoms with van der Waals surface area (Å²) in [5.74, 6) is 1.17. The van der Waals surface area contributed by atoms with E-state index >= 15 is 0 Å². The fourth-order valence-electron chi connectivity index (χ4n) is 3.64. The number of carbonyl (C=O) groups excluding carboxylic acids is 1. The van der Waals surface area contributed by atoms with Gasteiger partial charge in [-0.1, -0.05) is 12.1 Å². The molecule has 1 aromatic carbocycles. The minimum absolute atomic E-state index is 0.141. The average molecular weight is 441 g/mol. The maximum Gasteiger partial charge on any atom is 0.243 e. The summed E-state index contributed by atoms with van der Waals surface area (Å²) in [5.41, 5.74) is 2.28. The molecule has 1 aliphatic heterocycles. The Morgan fingerprint density at radius 2 is 1.61 bits per heavy atom. The number of rotatable bonds is 5. The summed E-state index contributed by atoms with van der Waals surface area (Å²) in [6, 6.07) is 11.9. The van der Waals surface area contributed by atoms with Gasteiger partial charge in [-0.15, -0.1) is 10.2 Å². The Hall–Kier alpha value is -3.11. The number of hydrogen-bond donors (Lipinski definition) is 0. The topological polar surface area (TPSA) is 101 Å². The molecule has 0 unspecified atom stereocenters. The number of ketones is 1. The number of aryl methyl sites for hydroxylation is 2. The van der Waals surface area contributed by atoms with Crippen molar-refractivity contribution in [3.63, 3.8) is 0 Å². The van der Waals surface area contributed by atoms with Gasteiger partial charge in [0, 0.05) is 37.4 Å². The normalized spacial score (nSPS) is 15.3. The van der Waals surface area contributed by atoms with Crippen molar-refractivity contribution in [3.8, 4) is 5.82 Å². The van der Waals surface area contributed by atoms with E-state index in [-0.39, 0.29) is 10.7 Å². The van der Waals surface area contributed by atoms with Crippen molar-refractivity contribution in [1.82, 2.24) is 24.3 Å². The van der Waals surface area contributed by atoms with Crippen molar-refractivity contribution < 1.29 is 13.2 Å². The molecule has 1 fully saturated rings. The SMILES string of the molecule is CC(=O)c1cccc(S(=O)(=O)N2CCN(c3ccc(-n4nc(C)cc4C)nn3)CC2)c1. The molecule has 10 heteroatoms. The van der Waals surface area contributed by atoms with E-state index in [0.29, 0.717) is 43.4 Å². The van der Waals surface area contributed by atoms with Crippen LogP contribution in [0.4, 0.5) is 5.82 Å².